The lowest BCUT2D eigenvalue weighted by atomic mass is 10.1. The lowest BCUT2D eigenvalue weighted by Crippen LogP contribution is -2.27. The van der Waals surface area contributed by atoms with Gasteiger partial charge in [-0.3, -0.25) is 4.79 Å². The summed E-state index contributed by atoms with van der Waals surface area (Å²) in [5.74, 6) is -0.306. The van der Waals surface area contributed by atoms with Crippen LogP contribution in [0.1, 0.15) is 29.0 Å². The molecule has 0 spiro atoms. The summed E-state index contributed by atoms with van der Waals surface area (Å²) in [4.78, 5) is 15.8. The normalized spacial score (nSPS) is 12.9. The Morgan fingerprint density at radius 3 is 2.80 bits per heavy atom. The van der Waals surface area contributed by atoms with E-state index in [1.165, 1.54) is 23.5 Å². The van der Waals surface area contributed by atoms with E-state index < -0.39 is 10.0 Å². The molecular weight excluding hydrogens is 298 g/mol. The molecule has 0 aliphatic rings. The molecule has 0 saturated heterocycles. The summed E-state index contributed by atoms with van der Waals surface area (Å²) in [6.45, 7) is 1.76. The molecule has 20 heavy (non-hydrogen) atoms. The van der Waals surface area contributed by atoms with Gasteiger partial charge in [-0.2, -0.15) is 0 Å². The van der Waals surface area contributed by atoms with Gasteiger partial charge in [-0.15, -0.1) is 11.3 Å². The number of nitrogens with two attached hydrogens (primary N) is 1. The first-order valence-electron chi connectivity index (χ1n) is 5.70. The Kier molecular flexibility index (Phi) is 4.17. The lowest BCUT2D eigenvalue weighted by Gasteiger charge is -2.14. The number of nitrogens with zero attached hydrogens (tertiary/aromatic N) is 1. The number of benzene rings is 1. The van der Waals surface area contributed by atoms with Gasteiger partial charge >= 0.3 is 0 Å². The number of sulfonamides is 1. The van der Waals surface area contributed by atoms with Crippen molar-refractivity contribution in [2.75, 3.05) is 0 Å². The number of nitrogens with one attached hydrogen (secondary N) is 1. The summed E-state index contributed by atoms with van der Waals surface area (Å²) < 4.78 is 22.6. The van der Waals surface area contributed by atoms with Crippen LogP contribution < -0.4 is 10.5 Å². The Bertz CT molecular complexity index is 711. The summed E-state index contributed by atoms with van der Waals surface area (Å²) in [6.07, 6.45) is 0. The first kappa shape index (κ1) is 14.6. The largest absolute Gasteiger partial charge is 0.344 e. The Morgan fingerprint density at radius 1 is 1.45 bits per heavy atom. The van der Waals surface area contributed by atoms with Crippen molar-refractivity contribution in [1.82, 2.24) is 10.3 Å². The van der Waals surface area contributed by atoms with Crippen molar-refractivity contribution in [1.29, 1.82) is 0 Å². The highest BCUT2D eigenvalue weighted by Gasteiger charge is 2.15. The maximum atomic E-state index is 11.9. The molecule has 8 heteroatoms. The molecule has 6 nitrogen and oxygen atoms in total. The van der Waals surface area contributed by atoms with Crippen molar-refractivity contribution in [2.24, 2.45) is 5.14 Å². The molecule has 0 radical (unpaired) electrons. The number of hydrogen-bond acceptors (Lipinski definition) is 5. The van der Waals surface area contributed by atoms with Crippen LogP contribution in [0.3, 0.4) is 0 Å². The molecule has 1 atom stereocenters. The third kappa shape index (κ3) is 3.41. The van der Waals surface area contributed by atoms with Gasteiger partial charge in [-0.05, 0) is 24.6 Å². The van der Waals surface area contributed by atoms with Gasteiger partial charge in [0.25, 0.3) is 5.91 Å². The number of amides is 1. The average Bonchev–Trinajstić information content (AvgIpc) is 2.91. The van der Waals surface area contributed by atoms with Crippen LogP contribution in [0, 0.1) is 0 Å². The van der Waals surface area contributed by atoms with E-state index in [1.807, 2.05) is 0 Å². The fraction of sp³-hybridized carbons (Fsp3) is 0.167. The third-order valence-corrected chi connectivity index (χ3v) is 4.20. The fourth-order valence-electron chi connectivity index (χ4n) is 1.64. The van der Waals surface area contributed by atoms with Gasteiger partial charge in [0.05, 0.1) is 16.4 Å². The van der Waals surface area contributed by atoms with Gasteiger partial charge in [0, 0.05) is 5.38 Å². The number of hydrogen-bond donors (Lipinski definition) is 2. The van der Waals surface area contributed by atoms with E-state index in [-0.39, 0.29) is 16.8 Å². The van der Waals surface area contributed by atoms with Crippen LogP contribution in [0.15, 0.2) is 40.1 Å². The van der Waals surface area contributed by atoms with Crippen LogP contribution in [0.5, 0.6) is 0 Å². The molecule has 1 amide bonds. The Hall–Kier alpha value is -1.77. The zero-order valence-corrected chi connectivity index (χ0v) is 12.2. The minimum Gasteiger partial charge on any atom is -0.344 e. The number of thiazole rings is 1. The predicted molar refractivity (Wildman–Crippen MR) is 75.8 cm³/mol. The van der Waals surface area contributed by atoms with Crippen molar-refractivity contribution >= 4 is 27.3 Å². The molecule has 3 N–H and O–H groups in total. The second-order valence-electron chi connectivity index (χ2n) is 4.19. The molecule has 1 aromatic carbocycles. The fourth-order valence-corrected chi connectivity index (χ4v) is 2.74. The molecule has 1 heterocycles. The second-order valence-corrected chi connectivity index (χ2v) is 6.47. The number of carbonyl (C=O) groups excluding carboxylic acids is 1. The van der Waals surface area contributed by atoms with Gasteiger partial charge in [0.1, 0.15) is 5.69 Å². The van der Waals surface area contributed by atoms with E-state index in [1.54, 1.807) is 29.9 Å². The number of carbonyl (C=O) groups is 1. The Morgan fingerprint density at radius 2 is 2.20 bits per heavy atom. The first-order chi connectivity index (χ1) is 9.38. The Labute approximate surface area is 120 Å². The SMILES string of the molecule is CC(NC(=O)c1cscn1)c1cccc(S(N)(=O)=O)c1. The molecule has 1 unspecified atom stereocenters. The number of rotatable bonds is 4. The van der Waals surface area contributed by atoms with E-state index in [9.17, 15) is 13.2 Å². The average molecular weight is 311 g/mol. The third-order valence-electron chi connectivity index (χ3n) is 2.70. The van der Waals surface area contributed by atoms with E-state index in [0.717, 1.165) is 0 Å². The van der Waals surface area contributed by atoms with Crippen molar-refractivity contribution in [3.05, 3.63) is 46.4 Å². The van der Waals surface area contributed by atoms with E-state index in [4.69, 9.17) is 5.14 Å². The van der Waals surface area contributed by atoms with Crippen molar-refractivity contribution < 1.29 is 13.2 Å². The van der Waals surface area contributed by atoms with Gasteiger partial charge in [-0.1, -0.05) is 12.1 Å². The molecule has 0 bridgehead atoms. The standard InChI is InChI=1S/C12H13N3O3S2/c1-8(15-12(16)11-6-19-7-14-11)9-3-2-4-10(5-9)20(13,17)18/h2-8H,1H3,(H,15,16)(H2,13,17,18). The minimum absolute atomic E-state index is 0.0183. The van der Waals surface area contributed by atoms with Crippen LogP contribution in [0.2, 0.25) is 0 Å². The topological polar surface area (TPSA) is 102 Å². The Balaban J connectivity index is 2.18. The van der Waals surface area contributed by atoms with Crippen molar-refractivity contribution in [3.8, 4) is 0 Å². The van der Waals surface area contributed by atoms with Crippen LogP contribution in [-0.4, -0.2) is 19.3 Å². The van der Waals surface area contributed by atoms with Crippen molar-refractivity contribution in [3.63, 3.8) is 0 Å². The summed E-state index contributed by atoms with van der Waals surface area (Å²) >= 11 is 1.33. The first-order valence-corrected chi connectivity index (χ1v) is 8.18. The molecule has 1 aromatic heterocycles. The molecule has 0 aliphatic heterocycles. The maximum Gasteiger partial charge on any atom is 0.271 e. The van der Waals surface area contributed by atoms with E-state index in [2.05, 4.69) is 10.3 Å². The van der Waals surface area contributed by atoms with Gasteiger partial charge in [0.15, 0.2) is 0 Å². The highest BCUT2D eigenvalue weighted by Crippen LogP contribution is 2.17. The molecule has 0 fully saturated rings. The van der Waals surface area contributed by atoms with Crippen LogP contribution in [-0.2, 0) is 10.0 Å². The van der Waals surface area contributed by atoms with Crippen molar-refractivity contribution in [2.45, 2.75) is 17.9 Å². The van der Waals surface area contributed by atoms with Crippen LogP contribution in [0.25, 0.3) is 0 Å². The lowest BCUT2D eigenvalue weighted by molar-refractivity contribution is 0.0935. The zero-order valence-electron chi connectivity index (χ0n) is 10.6. The monoisotopic (exact) mass is 311 g/mol. The predicted octanol–water partition coefficient (Wildman–Crippen LogP) is 1.28. The smallest absolute Gasteiger partial charge is 0.271 e. The molecule has 106 valence electrons. The summed E-state index contributed by atoms with van der Waals surface area (Å²) in [5, 5.41) is 9.47. The highest BCUT2D eigenvalue weighted by atomic mass is 32.2. The van der Waals surface area contributed by atoms with Crippen LogP contribution >= 0.6 is 11.3 Å². The quantitative estimate of drug-likeness (QED) is 0.888. The summed E-state index contributed by atoms with van der Waals surface area (Å²) in [5.41, 5.74) is 2.56. The second kappa shape index (κ2) is 5.70. The summed E-state index contributed by atoms with van der Waals surface area (Å²) in [6, 6.07) is 5.81. The van der Waals surface area contributed by atoms with Gasteiger partial charge in [-0.25, -0.2) is 18.5 Å². The van der Waals surface area contributed by atoms with Gasteiger partial charge in [0.2, 0.25) is 10.0 Å². The van der Waals surface area contributed by atoms with E-state index >= 15 is 0 Å². The molecule has 2 rings (SSSR count). The highest BCUT2D eigenvalue weighted by molar-refractivity contribution is 7.89. The molecular formula is C12H13N3O3S2. The minimum atomic E-state index is -3.75. The van der Waals surface area contributed by atoms with E-state index in [0.29, 0.717) is 11.3 Å². The number of primary sulfonamides is 1. The maximum absolute atomic E-state index is 11.9. The molecule has 2 aromatic rings. The van der Waals surface area contributed by atoms with Gasteiger partial charge < -0.3 is 5.32 Å². The molecule has 0 aliphatic carbocycles. The molecule has 0 saturated carbocycles. The number of aromatic nitrogens is 1. The van der Waals surface area contributed by atoms with Crippen LogP contribution in [0.4, 0.5) is 0 Å². The summed E-state index contributed by atoms with van der Waals surface area (Å²) in [7, 11) is -3.75. The zero-order chi connectivity index (χ0) is 14.8.